The van der Waals surface area contributed by atoms with Crippen molar-refractivity contribution in [3.8, 4) is 0 Å². The van der Waals surface area contributed by atoms with E-state index in [1.165, 1.54) is 47.2 Å². The molecule has 0 fully saturated rings. The lowest BCUT2D eigenvalue weighted by Gasteiger charge is -2.20. The third-order valence-electron chi connectivity index (χ3n) is 6.40. The first-order valence-corrected chi connectivity index (χ1v) is 17.0. The molecule has 0 atom stereocenters. The van der Waals surface area contributed by atoms with Crippen LogP contribution in [0.25, 0.3) is 36.5 Å². The zero-order valence-corrected chi connectivity index (χ0v) is 25.1. The molecule has 3 aromatic heterocycles. The molecule has 3 heterocycles. The summed E-state index contributed by atoms with van der Waals surface area (Å²) in [7, 11) is -0.686. The molecule has 6 aromatic rings. The van der Waals surface area contributed by atoms with Crippen LogP contribution in [0.3, 0.4) is 0 Å². The molecule has 0 amide bonds. The van der Waals surface area contributed by atoms with Gasteiger partial charge in [-0.05, 0) is 93.1 Å². The van der Waals surface area contributed by atoms with Crippen molar-refractivity contribution in [1.29, 1.82) is 0 Å². The zero-order chi connectivity index (χ0) is 27.0. The summed E-state index contributed by atoms with van der Waals surface area (Å²) < 4.78 is 0. The van der Waals surface area contributed by atoms with Crippen LogP contribution in [0.4, 0.5) is 0 Å². The Hall–Kier alpha value is -3.59. The number of benzene rings is 3. The van der Waals surface area contributed by atoms with Crippen LogP contribution in [0.2, 0.25) is 0 Å². The Morgan fingerprint density at radius 2 is 0.650 bits per heavy atom. The summed E-state index contributed by atoms with van der Waals surface area (Å²) in [6.07, 6.45) is 13.2. The molecule has 6 rings (SSSR count). The van der Waals surface area contributed by atoms with E-state index in [2.05, 4.69) is 162 Å². The first-order chi connectivity index (χ1) is 19.8. The van der Waals surface area contributed by atoms with E-state index in [-0.39, 0.29) is 0 Å². The number of hydrogen-bond acceptors (Lipinski definition) is 3. The van der Waals surface area contributed by atoms with Gasteiger partial charge in [0.25, 0.3) is 0 Å². The van der Waals surface area contributed by atoms with Gasteiger partial charge in [0.15, 0.2) is 0 Å². The Morgan fingerprint density at radius 3 is 0.900 bits per heavy atom. The van der Waals surface area contributed by atoms with Crippen molar-refractivity contribution < 1.29 is 0 Å². The van der Waals surface area contributed by atoms with E-state index < -0.39 is 7.92 Å². The molecule has 0 N–H and O–H groups in total. The topological polar surface area (TPSA) is 0 Å². The second-order valence-electron chi connectivity index (χ2n) is 9.16. The second kappa shape index (κ2) is 13.2. The lowest BCUT2D eigenvalue weighted by Crippen LogP contribution is -2.20. The molecule has 0 aliphatic heterocycles. The van der Waals surface area contributed by atoms with Crippen molar-refractivity contribution in [3.05, 3.63) is 157 Å². The lowest BCUT2D eigenvalue weighted by atomic mass is 10.2. The maximum absolute atomic E-state index is 2.30. The summed E-state index contributed by atoms with van der Waals surface area (Å²) in [5, 5.41) is 10.4. The fourth-order valence-electron chi connectivity index (χ4n) is 4.34. The van der Waals surface area contributed by atoms with E-state index in [1.807, 2.05) is 0 Å². The van der Waals surface area contributed by atoms with Gasteiger partial charge in [0.1, 0.15) is 0 Å². The molecule has 194 valence electrons. The molecule has 4 heteroatoms. The number of thiophene rings is 3. The van der Waals surface area contributed by atoms with Gasteiger partial charge < -0.3 is 0 Å². The summed E-state index contributed by atoms with van der Waals surface area (Å²) in [5.41, 5.74) is 3.65. The van der Waals surface area contributed by atoms with Gasteiger partial charge in [0, 0.05) is 14.6 Å². The van der Waals surface area contributed by atoms with Gasteiger partial charge in [-0.3, -0.25) is 0 Å². The fourth-order valence-corrected chi connectivity index (χ4v) is 8.43. The fraction of sp³-hybridized carbons (Fsp3) is 0. The Balaban J connectivity index is 1.28. The Bertz CT molecular complexity index is 1480. The molecule has 0 aliphatic carbocycles. The smallest absolute Gasteiger partial charge is 0.0270 e. The number of rotatable bonds is 9. The highest BCUT2D eigenvalue weighted by Gasteiger charge is 2.16. The SMILES string of the molecule is C(=C\c1cccs1)/c1ccc(P(c2ccc(/C=C/c3cccs3)cc2)c2ccc(/C=C/c3cccs3)cc2)cc1. The summed E-state index contributed by atoms with van der Waals surface area (Å²) >= 11 is 5.28. The molecule has 0 saturated heterocycles. The van der Waals surface area contributed by atoms with Gasteiger partial charge in [-0.25, -0.2) is 0 Å². The molecule has 0 nitrogen and oxygen atoms in total. The van der Waals surface area contributed by atoms with Crippen molar-refractivity contribution in [1.82, 2.24) is 0 Å². The van der Waals surface area contributed by atoms with Crippen LogP contribution < -0.4 is 15.9 Å². The molecule has 0 radical (unpaired) electrons. The summed E-state index contributed by atoms with van der Waals surface area (Å²) in [6.45, 7) is 0. The average Bonchev–Trinajstić information content (AvgIpc) is 3.81. The van der Waals surface area contributed by atoms with E-state index in [0.29, 0.717) is 0 Å². The van der Waals surface area contributed by atoms with Gasteiger partial charge in [-0.1, -0.05) is 109 Å². The van der Waals surface area contributed by atoms with Crippen LogP contribution in [-0.2, 0) is 0 Å². The van der Waals surface area contributed by atoms with Crippen LogP contribution in [0.5, 0.6) is 0 Å². The average molecular weight is 587 g/mol. The van der Waals surface area contributed by atoms with Crippen molar-refractivity contribution in [2.75, 3.05) is 0 Å². The van der Waals surface area contributed by atoms with Gasteiger partial charge in [0.2, 0.25) is 0 Å². The maximum Gasteiger partial charge on any atom is 0.0270 e. The largest absolute Gasteiger partial charge is 0.144 e. The predicted octanol–water partition coefficient (Wildman–Crippen LogP) is 10.1. The monoisotopic (exact) mass is 586 g/mol. The van der Waals surface area contributed by atoms with Crippen LogP contribution in [0.1, 0.15) is 31.3 Å². The molecular formula is C36H27PS3. The van der Waals surface area contributed by atoms with Gasteiger partial charge in [-0.2, -0.15) is 0 Å². The van der Waals surface area contributed by atoms with Gasteiger partial charge >= 0.3 is 0 Å². The summed E-state index contributed by atoms with van der Waals surface area (Å²) in [5.74, 6) is 0. The minimum atomic E-state index is -0.686. The van der Waals surface area contributed by atoms with Crippen molar-refractivity contribution in [2.24, 2.45) is 0 Å². The standard InChI is InChI=1S/C36H27PS3/c1-4-34(38-25-1)22-13-28-7-16-31(17-8-28)37(32-18-9-29(10-19-32)14-23-35-5-2-26-39-35)33-20-11-30(12-21-33)15-24-36-6-3-27-40-36/h1-27H/b22-13+,23-14+,24-15+. The van der Waals surface area contributed by atoms with E-state index in [9.17, 15) is 0 Å². The molecule has 0 saturated carbocycles. The minimum absolute atomic E-state index is 0.686. The van der Waals surface area contributed by atoms with Crippen LogP contribution in [0.15, 0.2) is 125 Å². The molecular weight excluding hydrogens is 560 g/mol. The van der Waals surface area contributed by atoms with Crippen LogP contribution >= 0.6 is 41.9 Å². The highest BCUT2D eigenvalue weighted by atomic mass is 32.1. The molecule has 3 aromatic carbocycles. The summed E-state index contributed by atoms with van der Waals surface area (Å²) in [4.78, 5) is 3.81. The molecule has 40 heavy (non-hydrogen) atoms. The summed E-state index contributed by atoms with van der Waals surface area (Å²) in [6, 6.07) is 40.0. The maximum atomic E-state index is 2.30. The highest BCUT2D eigenvalue weighted by molar-refractivity contribution is 7.79. The van der Waals surface area contributed by atoms with Crippen LogP contribution in [0, 0.1) is 0 Å². The molecule has 0 aliphatic rings. The highest BCUT2D eigenvalue weighted by Crippen LogP contribution is 2.33. The quantitative estimate of drug-likeness (QED) is 0.148. The first kappa shape index (κ1) is 26.6. The van der Waals surface area contributed by atoms with Crippen molar-refractivity contribution in [2.45, 2.75) is 0 Å². The number of hydrogen-bond donors (Lipinski definition) is 0. The zero-order valence-electron chi connectivity index (χ0n) is 21.8. The van der Waals surface area contributed by atoms with Gasteiger partial charge in [-0.15, -0.1) is 34.0 Å². The Labute approximate surface area is 249 Å². The first-order valence-electron chi connectivity index (χ1n) is 13.1. The predicted molar refractivity (Wildman–Crippen MR) is 185 cm³/mol. The third-order valence-corrected chi connectivity index (χ3v) is 11.4. The van der Waals surface area contributed by atoms with Crippen LogP contribution in [-0.4, -0.2) is 0 Å². The normalized spacial score (nSPS) is 11.9. The van der Waals surface area contributed by atoms with E-state index >= 15 is 0 Å². The van der Waals surface area contributed by atoms with E-state index in [1.54, 1.807) is 34.0 Å². The van der Waals surface area contributed by atoms with Crippen molar-refractivity contribution >= 4 is 94.3 Å². The van der Waals surface area contributed by atoms with E-state index in [0.717, 1.165) is 0 Å². The second-order valence-corrected chi connectivity index (χ2v) is 14.3. The minimum Gasteiger partial charge on any atom is -0.144 e. The van der Waals surface area contributed by atoms with Gasteiger partial charge in [0.05, 0.1) is 0 Å². The third kappa shape index (κ3) is 6.94. The lowest BCUT2D eigenvalue weighted by molar-refractivity contribution is 1.68. The van der Waals surface area contributed by atoms with Crippen molar-refractivity contribution in [3.63, 3.8) is 0 Å². The molecule has 0 bridgehead atoms. The van der Waals surface area contributed by atoms with E-state index in [4.69, 9.17) is 0 Å². The Morgan fingerprint density at radius 1 is 0.350 bits per heavy atom. The Kier molecular flexibility index (Phi) is 8.77. The molecule has 0 unspecified atom stereocenters. The molecule has 0 spiro atoms.